The van der Waals surface area contributed by atoms with Gasteiger partial charge >= 0.3 is 23.9 Å². The van der Waals surface area contributed by atoms with E-state index < -0.39 is 234 Å². The number of nitrogens with one attached hydrogen (secondary N) is 13. The number of pyridine rings is 2. The van der Waals surface area contributed by atoms with Gasteiger partial charge in [-0.1, -0.05) is 47.5 Å². The van der Waals surface area contributed by atoms with E-state index >= 15 is 9.59 Å². The maximum atomic E-state index is 15.1. The second-order valence-electron chi connectivity index (χ2n) is 37.3. The number of amides is 7. The topological polar surface area (TPSA) is 703 Å². The van der Waals surface area contributed by atoms with Crippen LogP contribution in [0.4, 0.5) is 11.9 Å². The Morgan fingerprint density at radius 2 is 0.826 bits per heavy atom. The van der Waals surface area contributed by atoms with Crippen LogP contribution in [0.2, 0.25) is 0 Å². The molecule has 21 N–H and O–H groups in total. The van der Waals surface area contributed by atoms with Gasteiger partial charge in [-0.05, 0) is 125 Å². The molecule has 2 unspecified atom stereocenters. The Hall–Kier alpha value is -11.8. The number of aliphatic carboxylic acids is 4. The van der Waals surface area contributed by atoms with Gasteiger partial charge in [-0.25, -0.2) is 41.2 Å². The summed E-state index contributed by atoms with van der Waals surface area (Å²) in [7, 11) is -12.5. The second-order valence-corrected chi connectivity index (χ2v) is 43.7. The summed E-state index contributed by atoms with van der Waals surface area (Å²) >= 11 is 0. The second kappa shape index (κ2) is 50.3. The molecule has 8 aromatic rings. The summed E-state index contributed by atoms with van der Waals surface area (Å²) in [5.41, 5.74) is 1.87. The summed E-state index contributed by atoms with van der Waals surface area (Å²) in [5, 5.41) is 63.8. The number of aryl methyl sites for hydroxylation is 8. The van der Waals surface area contributed by atoms with Crippen molar-refractivity contribution in [3.8, 4) is 0 Å². The first-order valence-corrected chi connectivity index (χ1v) is 51.6. The van der Waals surface area contributed by atoms with Gasteiger partial charge in [0.1, 0.15) is 99.2 Å². The number of imidazole rings is 2. The number of benzene rings is 4. The molecule has 1 fully saturated rings. The van der Waals surface area contributed by atoms with E-state index in [2.05, 4.69) is 77.2 Å². The minimum absolute atomic E-state index is 0. The van der Waals surface area contributed by atoms with Crippen LogP contribution >= 0.6 is 10.9 Å². The molecule has 54 heteroatoms. The molecular weight excluding hydrogens is 2130 g/mol. The van der Waals surface area contributed by atoms with Crippen molar-refractivity contribution in [2.24, 2.45) is 0 Å². The average molecular weight is 2250 g/mol. The number of hydrogen-bond acceptors (Lipinski definition) is 27. The maximum absolute atomic E-state index is 15.1. The Balaban J connectivity index is 0.0000253. The summed E-state index contributed by atoms with van der Waals surface area (Å²) in [5.74, 6) is -16.3. The van der Waals surface area contributed by atoms with Crippen LogP contribution in [-0.2, 0) is 104 Å². The summed E-state index contributed by atoms with van der Waals surface area (Å²) < 4.78 is 130. The number of carboxylic acid groups (broad SMARTS) is 4. The molecule has 1 radical (unpaired) electrons. The van der Waals surface area contributed by atoms with Gasteiger partial charge < -0.3 is 119 Å². The first kappa shape index (κ1) is 117. The van der Waals surface area contributed by atoms with Crippen molar-refractivity contribution < 1.29 is 176 Å². The van der Waals surface area contributed by atoms with E-state index in [1.807, 2.05) is 0 Å². The van der Waals surface area contributed by atoms with Gasteiger partial charge in [-0.2, -0.15) is 17.9 Å². The van der Waals surface area contributed by atoms with Crippen molar-refractivity contribution in [1.29, 1.82) is 0 Å². The fourth-order valence-electron chi connectivity index (χ4n) is 17.2. The van der Waals surface area contributed by atoms with Crippen LogP contribution in [0.1, 0.15) is 97.8 Å². The smallest absolute Gasteiger partial charge is 0.359 e. The number of Topliss-reactive ketones (excluding diaryl/α,β-unsaturated/α-hetero) is 1. The molecule has 9 rings (SSSR count). The van der Waals surface area contributed by atoms with Gasteiger partial charge in [0.15, 0.2) is 38.1 Å². The molecule has 4 aromatic heterocycles. The van der Waals surface area contributed by atoms with E-state index in [-0.39, 0.29) is 184 Å². The van der Waals surface area contributed by atoms with Gasteiger partial charge in [0.25, 0.3) is 27.8 Å². The molecule has 795 valence electrons. The zero-order valence-corrected chi connectivity index (χ0v) is 86.1. The Morgan fingerprint density at radius 3 is 1.18 bits per heavy atom. The number of carbonyl (C=O) groups excluding carboxylic acids is 8. The number of anilines is 2. The number of H-pyrrole nitrogens is 2. The number of rotatable bonds is 49. The predicted octanol–water partition coefficient (Wildman–Crippen LogP) is -0.223. The van der Waals surface area contributed by atoms with E-state index in [1.165, 1.54) is 53.7 Å². The fraction of sp³-hybridized carbons (Fsp3) is 0.467. The summed E-state index contributed by atoms with van der Waals surface area (Å²) in [6, 6.07) is 5.86. The van der Waals surface area contributed by atoms with Gasteiger partial charge in [0, 0.05) is 144 Å². The molecule has 0 bridgehead atoms. The molecule has 4 aromatic carbocycles. The number of aromatic nitrogens is 6. The molecule has 5 heterocycles. The number of quaternary nitrogens is 4. The van der Waals surface area contributed by atoms with Gasteiger partial charge in [0.05, 0.1) is 71.7 Å². The minimum Gasteiger partial charge on any atom is -0.480 e. The van der Waals surface area contributed by atoms with Crippen LogP contribution in [0.5, 0.6) is 0 Å². The molecule has 0 spiro atoms. The monoisotopic (exact) mass is 2250 g/mol. The van der Waals surface area contributed by atoms with Crippen LogP contribution in [-0.4, -0.2) is 357 Å². The number of hydrogen-bond donors (Lipinski definition) is 21. The van der Waals surface area contributed by atoms with Crippen LogP contribution in [0, 0.1) is 78.4 Å². The predicted molar refractivity (Wildman–Crippen MR) is 524 cm³/mol. The molecular formula is C90H127LuN21O28S4+4. The Bertz CT molecular complexity index is 6520. The van der Waals surface area contributed by atoms with Crippen molar-refractivity contribution in [3.63, 3.8) is 0 Å². The first-order chi connectivity index (χ1) is 66.7. The number of fused-ring (bicyclic) bond motifs is 2. The van der Waals surface area contributed by atoms with E-state index in [4.69, 9.17) is 0 Å². The Kier molecular flexibility index (Phi) is 41.0. The molecule has 1 saturated heterocycles. The Labute approximate surface area is 860 Å². The van der Waals surface area contributed by atoms with E-state index in [0.29, 0.717) is 45.3 Å². The molecule has 1 aliphatic heterocycles. The number of sulfonamides is 2. The van der Waals surface area contributed by atoms with Gasteiger partial charge in [-0.15, -0.1) is 0 Å². The third-order valence-corrected chi connectivity index (χ3v) is 29.8. The molecule has 7 amide bonds. The number of nitrogens with zero attached hydrogens (tertiary/aromatic N) is 8. The maximum Gasteiger partial charge on any atom is 0.359 e. The van der Waals surface area contributed by atoms with E-state index in [9.17, 15) is 121 Å². The van der Waals surface area contributed by atoms with Crippen molar-refractivity contribution in [1.82, 2.24) is 75.7 Å². The standard InChI is InChI=1S/C90H123N21O28S4.Lu/c1-54-36-56(3)81(57(4)37-54)142(136,137)104-68(60(7)112)44-97-83(123)65-46-106(72-40-61(14-16-63(72)79(65)121)42-99-89-93-22-23-94-89)27-13-21-92-86(126)71(53-141(133,134)135)103-87(127)67(101-75(114)48-108(8)28-30-109(9,49-76(115)116)32-34-111(11,51-78(119)120)35-33-110(10,31-29-108)50-77(117)118)18-19-74(113)102-70(52-140(130,131)132)85(125)91-20-12-26-107-47-66(80(122)64-17-15-62(41-73(64)107)43-100-90-95-24-25-96-90)84(124)98-45-69(88(128)129)105-143(138,139)82-58(5)38-55(2)39-59(82)6;/h14-17,22-25,36-41,46-47,67-71,104-105H,12-13,18-21,26-35,42-45,48-53H2,1-11H3,(H15-4,91,92,93,94,95,96,97,98,99,100,101,102,103,113,114,115,116,117,118,119,120,123,124,125,126,127,128,129,130,131,132,133,134,135);/p+4/t67-,68-,69-,70-,71-,108?,109?,110?,111?;/m0./s1. The molecule has 49 nitrogen and oxygen atoms in total. The minimum atomic E-state index is -5.29. The molecule has 1 aliphatic rings. The third-order valence-electron chi connectivity index (χ3n) is 24.7. The van der Waals surface area contributed by atoms with Gasteiger partial charge in [-0.3, -0.25) is 57.3 Å². The largest absolute Gasteiger partial charge is 0.480 e. The zero-order chi connectivity index (χ0) is 106. The molecule has 0 aliphatic carbocycles. The van der Waals surface area contributed by atoms with Crippen LogP contribution in [0.3, 0.4) is 0 Å². The molecule has 7 atom stereocenters. The zero-order valence-electron chi connectivity index (χ0n) is 81.2. The normalized spacial score (nSPS) is 18.2. The molecule has 0 saturated carbocycles. The number of carboxylic acids is 4. The van der Waals surface area contributed by atoms with Crippen molar-refractivity contribution in [2.75, 3.05) is 155 Å². The number of aromatic amines is 2. The average Bonchev–Trinajstić information content (AvgIpc) is 0.837. The van der Waals surface area contributed by atoms with Gasteiger partial charge in [0.2, 0.25) is 54.5 Å². The Morgan fingerprint density at radius 1 is 0.458 bits per heavy atom. The van der Waals surface area contributed by atoms with E-state index in [1.54, 1.807) is 117 Å². The summed E-state index contributed by atoms with van der Waals surface area (Å²) in [6.07, 6.45) is 6.43. The molecule has 144 heavy (non-hydrogen) atoms. The quantitative estimate of drug-likeness (QED) is 0.0133. The fourth-order valence-corrected chi connectivity index (χ4v) is 21.9. The van der Waals surface area contributed by atoms with Crippen LogP contribution in [0.15, 0.2) is 117 Å². The number of likely N-dealkylation sites (N-methyl/N-ethyl adjacent to an activating group) is 4. The van der Waals surface area contributed by atoms with Crippen LogP contribution in [0.25, 0.3) is 21.8 Å². The first-order valence-electron chi connectivity index (χ1n) is 45.4. The number of carbonyl (C=O) groups is 12. The SMILES string of the molecule is CC(=O)[C@H](CNC(=O)c1cn(CCCNC(=O)[C@H](CS(=O)(=O)O)NC(=O)[C@H](CCC(=O)N[C@@H](CS(O)(O)O)C(=O)NCCCn2cc(C(=O)NC[C@H](NS(=O)(=O)c3c(C)cc(C)cc3C)C(=O)O)c(=O)c3ccc(CNc4ncc[nH]4)cc32)NC(=O)C[N+]2(C)CC[N+](C)(CC(=O)O)CC[N+](C)(CC(=O)O)CC[N+](C)(CC(=O)O)CC2)c2cc(CNc3ncc[nH]3)ccc2c1=O)NS(=O)(=O)c1c(C)cc(C)cc1C.[Lu]. The van der Waals surface area contributed by atoms with E-state index in [0.717, 1.165) is 24.2 Å². The van der Waals surface area contributed by atoms with Crippen molar-refractivity contribution >= 4 is 146 Å². The number of ketones is 1. The van der Waals surface area contributed by atoms with Crippen LogP contribution < -0.4 is 68.2 Å². The third kappa shape index (κ3) is 34.4. The van der Waals surface area contributed by atoms with Crippen molar-refractivity contribution in [2.45, 2.75) is 140 Å². The summed E-state index contributed by atoms with van der Waals surface area (Å²) in [6.45, 7) is 6.71. The summed E-state index contributed by atoms with van der Waals surface area (Å²) in [4.78, 5) is 208. The van der Waals surface area contributed by atoms with Crippen molar-refractivity contribution in [3.05, 3.63) is 174 Å².